The van der Waals surface area contributed by atoms with E-state index in [4.69, 9.17) is 5.11 Å². The number of nitrogens with one attached hydrogen (secondary N) is 1. The van der Waals surface area contributed by atoms with E-state index in [0.717, 1.165) is 0 Å². The van der Waals surface area contributed by atoms with Gasteiger partial charge in [0.15, 0.2) is 0 Å². The number of carboxylic acid groups (broad SMARTS) is 1. The van der Waals surface area contributed by atoms with Crippen LogP contribution >= 0.6 is 0 Å². The maximum absolute atomic E-state index is 11.7. The number of benzene rings is 1. The highest BCUT2D eigenvalue weighted by molar-refractivity contribution is 6.01. The van der Waals surface area contributed by atoms with E-state index in [1.54, 1.807) is 24.3 Å². The summed E-state index contributed by atoms with van der Waals surface area (Å²) >= 11 is 0. The van der Waals surface area contributed by atoms with Crippen LogP contribution in [0.5, 0.6) is 0 Å². The van der Waals surface area contributed by atoms with Gasteiger partial charge in [0.1, 0.15) is 5.60 Å². The summed E-state index contributed by atoms with van der Waals surface area (Å²) in [7, 11) is 0. The molecule has 0 bridgehead atoms. The summed E-state index contributed by atoms with van der Waals surface area (Å²) in [5.41, 5.74) is -0.484. The third-order valence-corrected chi connectivity index (χ3v) is 3.10. The SMILES string of the molecule is CC1(O)C(=O)Nc2ccccc2C1CC(=O)O. The van der Waals surface area contributed by atoms with Gasteiger partial charge in [0.05, 0.1) is 6.42 Å². The normalized spacial score (nSPS) is 27.2. The Labute approximate surface area is 98.1 Å². The van der Waals surface area contributed by atoms with E-state index >= 15 is 0 Å². The van der Waals surface area contributed by atoms with Crippen LogP contribution in [-0.4, -0.2) is 27.7 Å². The predicted octanol–water partition coefficient (Wildman–Crippen LogP) is 0.948. The molecular weight excluding hydrogens is 222 g/mol. The van der Waals surface area contributed by atoms with E-state index in [9.17, 15) is 14.7 Å². The highest BCUT2D eigenvalue weighted by atomic mass is 16.4. The molecule has 5 nitrogen and oxygen atoms in total. The molecule has 0 aromatic heterocycles. The summed E-state index contributed by atoms with van der Waals surface area (Å²) in [6.45, 7) is 1.34. The summed E-state index contributed by atoms with van der Waals surface area (Å²) in [6, 6.07) is 6.91. The molecule has 2 unspecified atom stereocenters. The first kappa shape index (κ1) is 11.6. The number of aliphatic carboxylic acids is 1. The average molecular weight is 235 g/mol. The van der Waals surface area contributed by atoms with Crippen LogP contribution in [0.15, 0.2) is 24.3 Å². The molecule has 2 atom stereocenters. The second-order valence-corrected chi connectivity index (χ2v) is 4.34. The first-order valence-electron chi connectivity index (χ1n) is 5.27. The summed E-state index contributed by atoms with van der Waals surface area (Å²) in [6.07, 6.45) is -0.280. The topological polar surface area (TPSA) is 86.6 Å². The molecule has 0 aliphatic carbocycles. The van der Waals surface area contributed by atoms with E-state index in [1.165, 1.54) is 6.92 Å². The van der Waals surface area contributed by atoms with Crippen molar-refractivity contribution < 1.29 is 19.8 Å². The molecule has 1 aromatic rings. The fourth-order valence-corrected chi connectivity index (χ4v) is 2.11. The third kappa shape index (κ3) is 1.89. The lowest BCUT2D eigenvalue weighted by molar-refractivity contribution is -0.142. The molecule has 0 saturated heterocycles. The smallest absolute Gasteiger partial charge is 0.304 e. The molecule has 0 saturated carbocycles. The number of carboxylic acids is 1. The van der Waals surface area contributed by atoms with Gasteiger partial charge in [-0.2, -0.15) is 0 Å². The van der Waals surface area contributed by atoms with Gasteiger partial charge < -0.3 is 15.5 Å². The Bertz CT molecular complexity index is 481. The first-order chi connectivity index (χ1) is 7.93. The van der Waals surface area contributed by atoms with Gasteiger partial charge in [-0.3, -0.25) is 9.59 Å². The van der Waals surface area contributed by atoms with Gasteiger partial charge in [-0.1, -0.05) is 18.2 Å². The van der Waals surface area contributed by atoms with E-state index in [0.29, 0.717) is 11.3 Å². The predicted molar refractivity (Wildman–Crippen MR) is 60.7 cm³/mol. The maximum Gasteiger partial charge on any atom is 0.304 e. The number of carbonyl (C=O) groups is 2. The highest BCUT2D eigenvalue weighted by Crippen LogP contribution is 2.40. The lowest BCUT2D eigenvalue weighted by atomic mass is 9.77. The van der Waals surface area contributed by atoms with Crippen LogP contribution in [0.25, 0.3) is 0 Å². The minimum absolute atomic E-state index is 0.280. The number of amides is 1. The minimum Gasteiger partial charge on any atom is -0.481 e. The molecule has 1 aliphatic rings. The van der Waals surface area contributed by atoms with Crippen molar-refractivity contribution in [3.05, 3.63) is 29.8 Å². The molecule has 5 heteroatoms. The number of carbonyl (C=O) groups excluding carboxylic acids is 1. The average Bonchev–Trinajstić information content (AvgIpc) is 2.25. The van der Waals surface area contributed by atoms with E-state index in [1.807, 2.05) is 0 Å². The van der Waals surface area contributed by atoms with Gasteiger partial charge in [-0.05, 0) is 18.6 Å². The largest absolute Gasteiger partial charge is 0.481 e. The fourth-order valence-electron chi connectivity index (χ4n) is 2.11. The zero-order valence-corrected chi connectivity index (χ0v) is 9.30. The minimum atomic E-state index is -1.70. The molecule has 0 spiro atoms. The highest BCUT2D eigenvalue weighted by Gasteiger charge is 2.45. The van der Waals surface area contributed by atoms with Crippen molar-refractivity contribution in [2.45, 2.75) is 24.9 Å². The Hall–Kier alpha value is -1.88. The van der Waals surface area contributed by atoms with E-state index < -0.39 is 23.4 Å². The standard InChI is InChI=1S/C12H13NO4/c1-12(17)8(6-10(14)15)7-4-2-3-5-9(7)13-11(12)16/h2-5,8,17H,6H2,1H3,(H,13,16)(H,14,15). The molecule has 2 rings (SSSR count). The lowest BCUT2D eigenvalue weighted by Crippen LogP contribution is -2.49. The van der Waals surface area contributed by atoms with Crippen LogP contribution in [0.2, 0.25) is 0 Å². The molecule has 90 valence electrons. The molecule has 17 heavy (non-hydrogen) atoms. The first-order valence-corrected chi connectivity index (χ1v) is 5.27. The van der Waals surface area contributed by atoms with Crippen molar-refractivity contribution in [2.24, 2.45) is 0 Å². The monoisotopic (exact) mass is 235 g/mol. The summed E-state index contributed by atoms with van der Waals surface area (Å²) in [5.74, 6) is -2.34. The number of rotatable bonds is 2. The van der Waals surface area contributed by atoms with Crippen molar-refractivity contribution in [3.8, 4) is 0 Å². The molecule has 0 fully saturated rings. The van der Waals surface area contributed by atoms with Crippen molar-refractivity contribution in [1.29, 1.82) is 0 Å². The number of aliphatic hydroxyl groups is 1. The Balaban J connectivity index is 2.51. The maximum atomic E-state index is 11.7. The van der Waals surface area contributed by atoms with Crippen LogP contribution < -0.4 is 5.32 Å². The zero-order valence-electron chi connectivity index (χ0n) is 9.30. The summed E-state index contributed by atoms with van der Waals surface area (Å²) in [5, 5.41) is 21.6. The molecule has 0 radical (unpaired) electrons. The molecule has 1 heterocycles. The van der Waals surface area contributed by atoms with Crippen LogP contribution in [0, 0.1) is 0 Å². The number of anilines is 1. The quantitative estimate of drug-likeness (QED) is 0.712. The Kier molecular flexibility index (Phi) is 2.63. The van der Waals surface area contributed by atoms with Crippen LogP contribution in [0.4, 0.5) is 5.69 Å². The van der Waals surface area contributed by atoms with Gasteiger partial charge in [-0.25, -0.2) is 0 Å². The van der Waals surface area contributed by atoms with Crippen molar-refractivity contribution >= 4 is 17.6 Å². The molecule has 1 aromatic carbocycles. The van der Waals surface area contributed by atoms with Crippen LogP contribution in [0.3, 0.4) is 0 Å². The Morgan fingerprint density at radius 2 is 2.12 bits per heavy atom. The lowest BCUT2D eigenvalue weighted by Gasteiger charge is -2.36. The number of hydrogen-bond acceptors (Lipinski definition) is 3. The second-order valence-electron chi connectivity index (χ2n) is 4.34. The molecular formula is C12H13NO4. The van der Waals surface area contributed by atoms with Crippen LogP contribution in [0.1, 0.15) is 24.8 Å². The Morgan fingerprint density at radius 1 is 1.47 bits per heavy atom. The van der Waals surface area contributed by atoms with E-state index in [-0.39, 0.29) is 6.42 Å². The number of para-hydroxylation sites is 1. The third-order valence-electron chi connectivity index (χ3n) is 3.10. The zero-order chi connectivity index (χ0) is 12.6. The molecule has 1 aliphatic heterocycles. The van der Waals surface area contributed by atoms with Gasteiger partial charge in [-0.15, -0.1) is 0 Å². The van der Waals surface area contributed by atoms with E-state index in [2.05, 4.69) is 5.32 Å². The van der Waals surface area contributed by atoms with Gasteiger partial charge in [0.25, 0.3) is 5.91 Å². The van der Waals surface area contributed by atoms with Crippen molar-refractivity contribution in [3.63, 3.8) is 0 Å². The van der Waals surface area contributed by atoms with Crippen LogP contribution in [-0.2, 0) is 9.59 Å². The van der Waals surface area contributed by atoms with Crippen molar-refractivity contribution in [1.82, 2.24) is 0 Å². The van der Waals surface area contributed by atoms with Crippen molar-refractivity contribution in [2.75, 3.05) is 5.32 Å². The van der Waals surface area contributed by atoms with Gasteiger partial charge >= 0.3 is 5.97 Å². The number of hydrogen-bond donors (Lipinski definition) is 3. The second kappa shape index (κ2) is 3.85. The molecule has 1 amide bonds. The van der Waals surface area contributed by atoms with Gasteiger partial charge in [0.2, 0.25) is 0 Å². The summed E-state index contributed by atoms with van der Waals surface area (Å²) < 4.78 is 0. The summed E-state index contributed by atoms with van der Waals surface area (Å²) in [4.78, 5) is 22.5. The Morgan fingerprint density at radius 3 is 2.76 bits per heavy atom. The van der Waals surface area contributed by atoms with Gasteiger partial charge in [0, 0.05) is 11.6 Å². The number of fused-ring (bicyclic) bond motifs is 1. The molecule has 3 N–H and O–H groups in total. The fraction of sp³-hybridized carbons (Fsp3) is 0.333.